The molecular formula is C13H12INO4. The molecule has 1 heterocycles. The molecular weight excluding hydrogens is 361 g/mol. The van der Waals surface area contributed by atoms with Gasteiger partial charge in [-0.1, -0.05) is 6.07 Å². The van der Waals surface area contributed by atoms with E-state index in [9.17, 15) is 14.4 Å². The number of carbonyl (C=O) groups is 3. The highest BCUT2D eigenvalue weighted by molar-refractivity contribution is 14.1. The molecule has 6 heteroatoms. The third-order valence-corrected chi connectivity index (χ3v) is 3.43. The molecule has 0 aromatic heterocycles. The molecule has 0 spiro atoms. The second kappa shape index (κ2) is 6.14. The van der Waals surface area contributed by atoms with E-state index >= 15 is 0 Å². The zero-order valence-corrected chi connectivity index (χ0v) is 12.3. The van der Waals surface area contributed by atoms with E-state index in [0.29, 0.717) is 24.9 Å². The summed E-state index contributed by atoms with van der Waals surface area (Å²) in [4.78, 5) is 35.9. The number of carbonyl (C=O) groups excluding carboxylic acids is 3. The van der Waals surface area contributed by atoms with Gasteiger partial charge in [-0.2, -0.15) is 0 Å². The quantitative estimate of drug-likeness (QED) is 0.597. The highest BCUT2D eigenvalue weighted by Gasteiger charge is 2.27. The molecule has 1 aromatic carbocycles. The summed E-state index contributed by atoms with van der Waals surface area (Å²) in [7, 11) is 0. The van der Waals surface area contributed by atoms with Gasteiger partial charge >= 0.3 is 5.97 Å². The molecule has 100 valence electrons. The van der Waals surface area contributed by atoms with E-state index in [1.165, 1.54) is 0 Å². The first-order chi connectivity index (χ1) is 9.08. The number of esters is 1. The van der Waals surface area contributed by atoms with E-state index in [4.69, 9.17) is 4.74 Å². The summed E-state index contributed by atoms with van der Waals surface area (Å²) in [5.74, 6) is -1.21. The minimum atomic E-state index is -0.557. The van der Waals surface area contributed by atoms with Gasteiger partial charge in [0.1, 0.15) is 0 Å². The second-order valence-electron chi connectivity index (χ2n) is 4.13. The molecule has 19 heavy (non-hydrogen) atoms. The van der Waals surface area contributed by atoms with E-state index in [2.05, 4.69) is 22.6 Å². The van der Waals surface area contributed by atoms with Crippen LogP contribution in [0.1, 0.15) is 23.2 Å². The standard InChI is InChI=1S/C13H12INO4/c14-10-4-1-3-9(7-10)13(18)19-8-12(17)15-6-2-5-11(15)16/h1,3-4,7H,2,5-6,8H2. The largest absolute Gasteiger partial charge is 0.452 e. The second-order valence-corrected chi connectivity index (χ2v) is 5.37. The Hall–Kier alpha value is -1.44. The summed E-state index contributed by atoms with van der Waals surface area (Å²) in [5.41, 5.74) is 0.396. The van der Waals surface area contributed by atoms with Crippen LogP contribution >= 0.6 is 22.6 Å². The molecule has 0 radical (unpaired) electrons. The number of likely N-dealkylation sites (tertiary alicyclic amines) is 1. The monoisotopic (exact) mass is 373 g/mol. The molecule has 0 aliphatic carbocycles. The Kier molecular flexibility index (Phi) is 4.52. The van der Waals surface area contributed by atoms with Crippen molar-refractivity contribution in [3.05, 3.63) is 33.4 Å². The minimum Gasteiger partial charge on any atom is -0.452 e. The molecule has 0 bridgehead atoms. The first-order valence-corrected chi connectivity index (χ1v) is 6.91. The van der Waals surface area contributed by atoms with Crippen molar-refractivity contribution >= 4 is 40.4 Å². The lowest BCUT2D eigenvalue weighted by molar-refractivity contribution is -0.143. The van der Waals surface area contributed by atoms with Crippen LogP contribution in [-0.2, 0) is 14.3 Å². The number of nitrogens with zero attached hydrogens (tertiary/aromatic N) is 1. The predicted molar refractivity (Wildman–Crippen MR) is 75.4 cm³/mol. The molecule has 1 aromatic rings. The highest BCUT2D eigenvalue weighted by Crippen LogP contribution is 2.11. The van der Waals surface area contributed by atoms with Gasteiger partial charge < -0.3 is 4.74 Å². The minimum absolute atomic E-state index is 0.199. The lowest BCUT2D eigenvalue weighted by Gasteiger charge is -2.13. The summed E-state index contributed by atoms with van der Waals surface area (Å²) in [5, 5.41) is 0. The molecule has 1 fully saturated rings. The predicted octanol–water partition coefficient (Wildman–Crippen LogP) is 1.60. The summed E-state index contributed by atoms with van der Waals surface area (Å²) in [6.07, 6.45) is 1.06. The fourth-order valence-electron chi connectivity index (χ4n) is 1.82. The molecule has 1 aliphatic heterocycles. The van der Waals surface area contributed by atoms with Crippen LogP contribution in [0.3, 0.4) is 0 Å². The fraction of sp³-hybridized carbons (Fsp3) is 0.308. The summed E-state index contributed by atoms with van der Waals surface area (Å²) in [6.45, 7) is 0.0223. The van der Waals surface area contributed by atoms with Crippen molar-refractivity contribution in [1.29, 1.82) is 0 Å². The van der Waals surface area contributed by atoms with Gasteiger partial charge in [0, 0.05) is 16.5 Å². The van der Waals surface area contributed by atoms with E-state index in [1.807, 2.05) is 6.07 Å². The number of ether oxygens (including phenoxy) is 1. The van der Waals surface area contributed by atoms with Crippen molar-refractivity contribution in [3.8, 4) is 0 Å². The third-order valence-electron chi connectivity index (χ3n) is 2.76. The van der Waals surface area contributed by atoms with Crippen molar-refractivity contribution < 1.29 is 19.1 Å². The van der Waals surface area contributed by atoms with E-state index < -0.39 is 18.5 Å². The zero-order valence-electron chi connectivity index (χ0n) is 10.1. The van der Waals surface area contributed by atoms with E-state index in [1.54, 1.807) is 18.2 Å². The van der Waals surface area contributed by atoms with Crippen molar-refractivity contribution in [1.82, 2.24) is 4.90 Å². The first kappa shape index (κ1) is 14.0. The molecule has 5 nitrogen and oxygen atoms in total. The van der Waals surface area contributed by atoms with Gasteiger partial charge in [-0.05, 0) is 47.2 Å². The molecule has 1 aliphatic rings. The van der Waals surface area contributed by atoms with Crippen molar-refractivity contribution in [3.63, 3.8) is 0 Å². The molecule has 0 N–H and O–H groups in total. The zero-order chi connectivity index (χ0) is 13.8. The van der Waals surface area contributed by atoms with Crippen LogP contribution in [0.4, 0.5) is 0 Å². The molecule has 0 atom stereocenters. The Bertz CT molecular complexity index is 529. The maximum atomic E-state index is 11.7. The number of rotatable bonds is 3. The van der Waals surface area contributed by atoms with Gasteiger partial charge in [0.2, 0.25) is 5.91 Å². The van der Waals surface area contributed by atoms with Crippen LogP contribution in [0.5, 0.6) is 0 Å². The maximum absolute atomic E-state index is 11.7. The van der Waals surface area contributed by atoms with Gasteiger partial charge in [0.25, 0.3) is 5.91 Å². The van der Waals surface area contributed by atoms with Crippen molar-refractivity contribution in [2.24, 2.45) is 0 Å². The van der Waals surface area contributed by atoms with Crippen LogP contribution < -0.4 is 0 Å². The normalized spacial score (nSPS) is 14.6. The van der Waals surface area contributed by atoms with Crippen LogP contribution in [0.15, 0.2) is 24.3 Å². The first-order valence-electron chi connectivity index (χ1n) is 5.84. The number of imide groups is 1. The van der Waals surface area contributed by atoms with Crippen LogP contribution in [-0.4, -0.2) is 35.8 Å². The summed E-state index contributed by atoms with van der Waals surface area (Å²) < 4.78 is 5.83. The summed E-state index contributed by atoms with van der Waals surface area (Å²) >= 11 is 2.09. The molecule has 2 amide bonds. The topological polar surface area (TPSA) is 63.7 Å². The van der Waals surface area contributed by atoms with Crippen molar-refractivity contribution in [2.75, 3.05) is 13.2 Å². The molecule has 0 saturated carbocycles. The average Bonchev–Trinajstić information content (AvgIpc) is 2.82. The van der Waals surface area contributed by atoms with Gasteiger partial charge in [-0.25, -0.2) is 4.79 Å². The lowest BCUT2D eigenvalue weighted by atomic mass is 10.2. The highest BCUT2D eigenvalue weighted by atomic mass is 127. The summed E-state index contributed by atoms with van der Waals surface area (Å²) in [6, 6.07) is 6.89. The van der Waals surface area contributed by atoms with Crippen LogP contribution in [0.25, 0.3) is 0 Å². The smallest absolute Gasteiger partial charge is 0.338 e. The molecule has 2 rings (SSSR count). The average molecular weight is 373 g/mol. The Morgan fingerprint density at radius 1 is 1.37 bits per heavy atom. The van der Waals surface area contributed by atoms with E-state index in [0.717, 1.165) is 8.47 Å². The number of halogens is 1. The van der Waals surface area contributed by atoms with Gasteiger partial charge in [-0.3, -0.25) is 14.5 Å². The number of benzene rings is 1. The number of hydrogen-bond donors (Lipinski definition) is 0. The van der Waals surface area contributed by atoms with Crippen LogP contribution in [0.2, 0.25) is 0 Å². The third kappa shape index (κ3) is 3.52. The van der Waals surface area contributed by atoms with Gasteiger partial charge in [0.15, 0.2) is 6.61 Å². The maximum Gasteiger partial charge on any atom is 0.338 e. The number of hydrogen-bond acceptors (Lipinski definition) is 4. The lowest BCUT2D eigenvalue weighted by Crippen LogP contribution is -2.35. The Labute approximate surface area is 124 Å². The number of amides is 2. The van der Waals surface area contributed by atoms with Crippen molar-refractivity contribution in [2.45, 2.75) is 12.8 Å². The van der Waals surface area contributed by atoms with E-state index in [-0.39, 0.29) is 5.91 Å². The fourth-order valence-corrected chi connectivity index (χ4v) is 2.36. The SMILES string of the molecule is O=C(OCC(=O)N1CCCC1=O)c1cccc(I)c1. The molecule has 1 saturated heterocycles. The van der Waals surface area contributed by atoms with Crippen LogP contribution in [0, 0.1) is 3.57 Å². The van der Waals surface area contributed by atoms with Gasteiger partial charge in [0.05, 0.1) is 5.56 Å². The Morgan fingerprint density at radius 3 is 2.79 bits per heavy atom. The Balaban J connectivity index is 1.90. The van der Waals surface area contributed by atoms with Gasteiger partial charge in [-0.15, -0.1) is 0 Å². The Morgan fingerprint density at radius 2 is 2.16 bits per heavy atom. The molecule has 0 unspecified atom stereocenters.